The molecule has 0 spiro atoms. The summed E-state index contributed by atoms with van der Waals surface area (Å²) in [6, 6.07) is 0.884. The number of hydrogen-bond donors (Lipinski definition) is 5. The van der Waals surface area contributed by atoms with Crippen LogP contribution in [0.2, 0.25) is 0 Å². The largest absolute Gasteiger partial charge is 0.507 e. The molecule has 0 bridgehead atoms. The second-order valence-corrected chi connectivity index (χ2v) is 14.0. The van der Waals surface area contributed by atoms with Gasteiger partial charge in [-0.05, 0) is 57.6 Å². The molecule has 3 aliphatic carbocycles. The van der Waals surface area contributed by atoms with E-state index in [2.05, 4.69) is 16.8 Å². The van der Waals surface area contributed by atoms with Gasteiger partial charge in [0.05, 0.1) is 17.2 Å². The van der Waals surface area contributed by atoms with Crippen molar-refractivity contribution in [3.8, 4) is 5.75 Å². The fraction of sp³-hybridized carbons (Fsp3) is 0.606. The number of aromatic hydroxyl groups is 1. The van der Waals surface area contributed by atoms with Crippen molar-refractivity contribution in [2.75, 3.05) is 72.9 Å². The average molecular weight is 640 g/mol. The van der Waals surface area contributed by atoms with Gasteiger partial charge in [-0.3, -0.25) is 19.3 Å². The smallest absolute Gasteiger partial charge is 0.230 e. The van der Waals surface area contributed by atoms with Crippen molar-refractivity contribution in [3.63, 3.8) is 0 Å². The number of carbonyl (C=O) groups excluding carboxylic acids is 3. The highest BCUT2D eigenvalue weighted by Gasteiger charge is 2.67. The lowest BCUT2D eigenvalue weighted by Crippen LogP contribution is -2.73. The summed E-state index contributed by atoms with van der Waals surface area (Å²) in [4.78, 5) is 48.3. The van der Waals surface area contributed by atoms with Gasteiger partial charge < -0.3 is 45.6 Å². The molecule has 3 unspecified atom stereocenters. The summed E-state index contributed by atoms with van der Waals surface area (Å²) < 4.78 is 6.33. The van der Waals surface area contributed by atoms with E-state index in [0.29, 0.717) is 29.0 Å². The summed E-state index contributed by atoms with van der Waals surface area (Å²) in [5.74, 6) is -7.16. The summed E-state index contributed by atoms with van der Waals surface area (Å²) in [5.41, 5.74) is 4.36. The summed E-state index contributed by atoms with van der Waals surface area (Å²) in [5, 5.41) is 46.5. The Morgan fingerprint density at radius 2 is 1.80 bits per heavy atom. The number of primary amides is 1. The molecule has 1 aromatic carbocycles. The molecule has 2 saturated carbocycles. The van der Waals surface area contributed by atoms with Crippen LogP contribution in [0.1, 0.15) is 29.5 Å². The molecule has 250 valence electrons. The van der Waals surface area contributed by atoms with Crippen molar-refractivity contribution < 1.29 is 39.5 Å². The number of benzene rings is 1. The number of nitrogens with zero attached hydrogens (tertiary/aromatic N) is 4. The fourth-order valence-electron chi connectivity index (χ4n) is 8.36. The maximum atomic E-state index is 14.2. The van der Waals surface area contributed by atoms with Crippen molar-refractivity contribution >= 4 is 34.7 Å². The molecule has 2 heterocycles. The number of piperazine rings is 1. The molecular weight excluding hydrogens is 594 g/mol. The molecule has 1 aromatic rings. The quantitative estimate of drug-likeness (QED) is 0.254. The number of phenolic OH excluding ortho intramolecular Hbond substituents is 1. The Balaban J connectivity index is 1.39. The number of likely N-dealkylation sites (N-methyl/N-ethyl adjacent to an activating group) is 2. The molecule has 0 aromatic heterocycles. The Labute approximate surface area is 268 Å². The lowest BCUT2D eigenvalue weighted by Gasteiger charge is -2.53. The third kappa shape index (κ3) is 4.91. The number of fused-ring (bicyclic) bond motifs is 3. The topological polar surface area (TPSA) is 180 Å². The lowest BCUT2D eigenvalue weighted by molar-refractivity contribution is -0.184. The van der Waals surface area contributed by atoms with Gasteiger partial charge in [-0.15, -0.1) is 0 Å². The number of carbonyl (C=O) groups is 3. The summed E-state index contributed by atoms with van der Waals surface area (Å²) in [6.07, 6.45) is 1.24. The van der Waals surface area contributed by atoms with Gasteiger partial charge in [0.2, 0.25) is 11.7 Å². The van der Waals surface area contributed by atoms with E-state index in [-0.39, 0.29) is 35.8 Å². The monoisotopic (exact) mass is 639 g/mol. The van der Waals surface area contributed by atoms with Gasteiger partial charge in [0.15, 0.2) is 11.4 Å². The molecule has 1 saturated heterocycles. The third-order valence-corrected chi connectivity index (χ3v) is 10.7. The molecule has 6 N–H and O–H groups in total. The first kappa shape index (κ1) is 32.5. The summed E-state index contributed by atoms with van der Waals surface area (Å²) in [6.45, 7) is 4.61. The second-order valence-electron chi connectivity index (χ2n) is 14.0. The zero-order valence-corrected chi connectivity index (χ0v) is 27.1. The lowest BCUT2D eigenvalue weighted by atomic mass is 9.54. The minimum Gasteiger partial charge on any atom is -0.507 e. The minimum absolute atomic E-state index is 0.0498. The van der Waals surface area contributed by atoms with Gasteiger partial charge in [0, 0.05) is 76.5 Å². The van der Waals surface area contributed by atoms with Crippen LogP contribution >= 0.6 is 0 Å². The fourth-order valence-corrected chi connectivity index (χ4v) is 8.36. The Bertz CT molecular complexity index is 1530. The van der Waals surface area contributed by atoms with Crippen LogP contribution in [0.25, 0.3) is 11.5 Å². The molecule has 13 heteroatoms. The highest BCUT2D eigenvalue weighted by molar-refractivity contribution is 6.25. The number of aliphatic hydroxyl groups is 3. The molecule has 0 radical (unpaired) electrons. The number of phenols is 1. The van der Waals surface area contributed by atoms with Crippen LogP contribution in [0.15, 0.2) is 17.7 Å². The van der Waals surface area contributed by atoms with E-state index in [1.165, 1.54) is 0 Å². The molecule has 2 aliphatic heterocycles. The number of anilines is 1. The third-order valence-electron chi connectivity index (χ3n) is 10.7. The van der Waals surface area contributed by atoms with Gasteiger partial charge in [-0.2, -0.15) is 0 Å². The van der Waals surface area contributed by atoms with Crippen LogP contribution in [-0.4, -0.2) is 144 Å². The van der Waals surface area contributed by atoms with E-state index >= 15 is 0 Å². The van der Waals surface area contributed by atoms with Crippen molar-refractivity contribution in [2.24, 2.45) is 23.5 Å². The van der Waals surface area contributed by atoms with Gasteiger partial charge in [0.1, 0.15) is 29.3 Å². The zero-order chi connectivity index (χ0) is 33.4. The number of ether oxygens (including phenoxy) is 1. The average Bonchev–Trinajstić information content (AvgIpc) is 3.44. The van der Waals surface area contributed by atoms with E-state index in [1.807, 2.05) is 31.1 Å². The highest BCUT2D eigenvalue weighted by atomic mass is 16.5. The molecular formula is C33H45N5O8. The van der Waals surface area contributed by atoms with Crippen LogP contribution in [0, 0.1) is 17.8 Å². The van der Waals surface area contributed by atoms with E-state index in [1.54, 1.807) is 19.0 Å². The van der Waals surface area contributed by atoms with Crippen molar-refractivity contribution in [1.82, 2.24) is 14.7 Å². The van der Waals surface area contributed by atoms with E-state index in [0.717, 1.165) is 32.7 Å². The summed E-state index contributed by atoms with van der Waals surface area (Å²) in [7, 11) is 9.06. The molecule has 13 nitrogen and oxygen atoms in total. The predicted molar refractivity (Wildman–Crippen MR) is 170 cm³/mol. The van der Waals surface area contributed by atoms with Crippen LogP contribution in [0.3, 0.4) is 0 Å². The molecule has 6 rings (SSSR count). The number of amides is 1. The maximum absolute atomic E-state index is 14.2. The van der Waals surface area contributed by atoms with Gasteiger partial charge in [-0.25, -0.2) is 0 Å². The first-order valence-electron chi connectivity index (χ1n) is 15.9. The predicted octanol–water partition coefficient (Wildman–Crippen LogP) is -0.428. The van der Waals surface area contributed by atoms with Crippen molar-refractivity contribution in [3.05, 3.63) is 34.4 Å². The Kier molecular flexibility index (Phi) is 8.21. The first-order valence-corrected chi connectivity index (χ1v) is 15.9. The zero-order valence-electron chi connectivity index (χ0n) is 27.1. The highest BCUT2D eigenvalue weighted by Crippen LogP contribution is 2.54. The molecule has 3 fully saturated rings. The van der Waals surface area contributed by atoms with E-state index in [9.17, 15) is 34.8 Å². The molecule has 7 atom stereocenters. The number of Topliss-reactive ketones (excluding diaryl/α,β-unsaturated/α-hetero) is 2. The van der Waals surface area contributed by atoms with Crippen LogP contribution in [-0.2, 0) is 25.5 Å². The number of nitrogens with two attached hydrogens (primary N) is 1. The molecule has 5 aliphatic rings. The Morgan fingerprint density at radius 3 is 2.41 bits per heavy atom. The van der Waals surface area contributed by atoms with Gasteiger partial charge in [-0.1, -0.05) is 0 Å². The number of ketones is 2. The van der Waals surface area contributed by atoms with Crippen molar-refractivity contribution in [1.29, 1.82) is 0 Å². The Hall–Kier alpha value is -3.49. The number of rotatable bonds is 6. The van der Waals surface area contributed by atoms with Crippen LogP contribution < -0.4 is 10.6 Å². The number of aliphatic hydroxyl groups excluding tert-OH is 2. The van der Waals surface area contributed by atoms with E-state index < -0.39 is 58.7 Å². The van der Waals surface area contributed by atoms with Crippen molar-refractivity contribution in [2.45, 2.75) is 43.1 Å². The first-order chi connectivity index (χ1) is 21.7. The SMILES string of the molecule is CN1CCN(CC2CC=C(c3cc(N(C)C)c4c(c3O)C(O)=C3C(=O)[C@]5(O)C(=O)C(C(N)=O)C(O)[C@@H](N(C)C)[C@@H]5C[C@@H]3C4)O2)CC1. The molecule has 1 amide bonds. The minimum atomic E-state index is -2.70. The second kappa shape index (κ2) is 11.6. The number of hydrogen-bond acceptors (Lipinski definition) is 12. The van der Waals surface area contributed by atoms with Crippen LogP contribution in [0.4, 0.5) is 5.69 Å². The standard InChI is InChI=1S/C33H45N5O8/c1-35(2)21-14-19(22-7-6-17(46-22)15-38-10-8-37(5)9-11-38)27(39)24-18(21)12-16-13-20-26(36(3)4)29(41)25(32(34)44)31(43)33(20,45)30(42)23(16)28(24)40/h7,14,16-17,20,25-26,29,39-41,45H,6,8-13,15H2,1-5H3,(H2,34,44)/t16-,17?,20-,25?,26-,29?,33-/m0/s1. The van der Waals surface area contributed by atoms with Gasteiger partial charge in [0.25, 0.3) is 0 Å². The van der Waals surface area contributed by atoms with Crippen LogP contribution in [0.5, 0.6) is 5.75 Å². The van der Waals surface area contributed by atoms with Gasteiger partial charge >= 0.3 is 0 Å². The maximum Gasteiger partial charge on any atom is 0.230 e. The molecule has 46 heavy (non-hydrogen) atoms. The van der Waals surface area contributed by atoms with E-state index in [4.69, 9.17) is 10.5 Å². The Morgan fingerprint density at radius 1 is 1.13 bits per heavy atom. The normalized spacial score (nSPS) is 33.3. The summed E-state index contributed by atoms with van der Waals surface area (Å²) >= 11 is 0.